The molecule has 9 atom stereocenters. The summed E-state index contributed by atoms with van der Waals surface area (Å²) in [6, 6.07) is 0. The van der Waals surface area contributed by atoms with Crippen LogP contribution in [0.1, 0.15) is 119 Å². The quantitative estimate of drug-likeness (QED) is 0.440. The molecule has 0 unspecified atom stereocenters. The first-order valence-electron chi connectivity index (χ1n) is 13.9. The van der Waals surface area contributed by atoms with Gasteiger partial charge < -0.3 is 9.84 Å². The Balaban J connectivity index is 1.47. The molecule has 0 heterocycles. The molecule has 0 aromatic rings. The average molecular weight is 447 g/mol. The highest BCUT2D eigenvalue weighted by atomic mass is 16.5. The first kappa shape index (κ1) is 24.6. The molecule has 4 aliphatic rings. The maximum atomic E-state index is 11.9. The lowest BCUT2D eigenvalue weighted by molar-refractivity contribution is -0.224. The van der Waals surface area contributed by atoms with E-state index in [9.17, 15) is 9.90 Å². The van der Waals surface area contributed by atoms with Crippen molar-refractivity contribution in [1.82, 2.24) is 0 Å². The third-order valence-electron chi connectivity index (χ3n) is 11.3. The Hall–Kier alpha value is -0.570. The zero-order valence-corrected chi connectivity index (χ0v) is 21.8. The highest BCUT2D eigenvalue weighted by molar-refractivity contribution is 5.66. The van der Waals surface area contributed by atoms with Crippen molar-refractivity contribution in [2.24, 2.45) is 46.3 Å². The van der Waals surface area contributed by atoms with Crippen molar-refractivity contribution >= 4 is 5.97 Å². The topological polar surface area (TPSA) is 46.5 Å². The van der Waals surface area contributed by atoms with Crippen LogP contribution in [0, 0.1) is 46.3 Å². The van der Waals surface area contributed by atoms with Crippen LogP contribution in [0.25, 0.3) is 0 Å². The molecular weight excluding hydrogens is 396 g/mol. The van der Waals surface area contributed by atoms with E-state index in [4.69, 9.17) is 4.74 Å². The minimum Gasteiger partial charge on any atom is -0.462 e. The van der Waals surface area contributed by atoms with Crippen LogP contribution in [0.2, 0.25) is 0 Å². The monoisotopic (exact) mass is 446 g/mol. The summed E-state index contributed by atoms with van der Waals surface area (Å²) in [5.74, 6) is 4.59. The number of rotatable bonds is 6. The van der Waals surface area contributed by atoms with E-state index >= 15 is 0 Å². The van der Waals surface area contributed by atoms with Crippen molar-refractivity contribution in [2.75, 3.05) is 0 Å². The molecule has 0 saturated heterocycles. The summed E-state index contributed by atoms with van der Waals surface area (Å²) in [6.07, 6.45) is 14.1. The fourth-order valence-corrected chi connectivity index (χ4v) is 9.57. The number of fused-ring (bicyclic) bond motifs is 5. The fraction of sp³-hybridized carbons (Fsp3) is 0.966. The molecule has 0 spiro atoms. The van der Waals surface area contributed by atoms with Crippen LogP contribution < -0.4 is 0 Å². The molecule has 4 fully saturated rings. The third kappa shape index (κ3) is 4.07. The van der Waals surface area contributed by atoms with E-state index in [0.717, 1.165) is 55.3 Å². The summed E-state index contributed by atoms with van der Waals surface area (Å²) < 4.78 is 5.56. The smallest absolute Gasteiger partial charge is 0.302 e. The lowest BCUT2D eigenvalue weighted by atomic mass is 9.43. The Kier molecular flexibility index (Phi) is 6.83. The molecule has 32 heavy (non-hydrogen) atoms. The van der Waals surface area contributed by atoms with Gasteiger partial charge in [-0.3, -0.25) is 4.79 Å². The van der Waals surface area contributed by atoms with Crippen molar-refractivity contribution in [3.8, 4) is 0 Å². The molecule has 0 bridgehead atoms. The van der Waals surface area contributed by atoms with Gasteiger partial charge in [-0.1, -0.05) is 53.9 Å². The van der Waals surface area contributed by atoms with Crippen LogP contribution in [0.15, 0.2) is 0 Å². The van der Waals surface area contributed by atoms with Crippen molar-refractivity contribution in [2.45, 2.75) is 130 Å². The van der Waals surface area contributed by atoms with Crippen molar-refractivity contribution in [3.63, 3.8) is 0 Å². The number of carbonyl (C=O) groups is 1. The minimum atomic E-state index is -0.664. The summed E-state index contributed by atoms with van der Waals surface area (Å²) in [4.78, 5) is 11.5. The van der Waals surface area contributed by atoms with Gasteiger partial charge in [0.05, 0.1) is 5.60 Å². The number of ether oxygens (including phenoxy) is 1. The predicted molar refractivity (Wildman–Crippen MR) is 130 cm³/mol. The Morgan fingerprint density at radius 2 is 1.72 bits per heavy atom. The van der Waals surface area contributed by atoms with Gasteiger partial charge in [-0.15, -0.1) is 0 Å². The molecule has 4 rings (SSSR count). The van der Waals surface area contributed by atoms with E-state index in [1.165, 1.54) is 51.9 Å². The second-order valence-corrected chi connectivity index (χ2v) is 13.4. The molecule has 4 aliphatic carbocycles. The van der Waals surface area contributed by atoms with E-state index in [1.54, 1.807) is 0 Å². The molecule has 0 aliphatic heterocycles. The Morgan fingerprint density at radius 3 is 2.41 bits per heavy atom. The highest BCUT2D eigenvalue weighted by Gasteiger charge is 2.64. The maximum absolute atomic E-state index is 11.9. The molecule has 1 N–H and O–H groups in total. The SMILES string of the molecule is CC(=O)O[C@@H]1CC[C@]2(C)[C@@H]3CC[C@]4(C)[C@H](CC[C@H]4[C@H](C)CCCC(C)C)[C@H]3CC[C@@]2(O)C1. The molecule has 0 amide bonds. The second-order valence-electron chi connectivity index (χ2n) is 13.4. The number of esters is 1. The largest absolute Gasteiger partial charge is 0.462 e. The molecule has 0 radical (unpaired) electrons. The van der Waals surface area contributed by atoms with Crippen molar-refractivity contribution in [3.05, 3.63) is 0 Å². The van der Waals surface area contributed by atoms with E-state index < -0.39 is 5.60 Å². The molecule has 3 heteroatoms. The minimum absolute atomic E-state index is 0.0190. The highest BCUT2D eigenvalue weighted by Crippen LogP contribution is 2.69. The molecule has 184 valence electrons. The van der Waals surface area contributed by atoms with E-state index in [2.05, 4.69) is 34.6 Å². The van der Waals surface area contributed by atoms with Crippen LogP contribution in [0.5, 0.6) is 0 Å². The number of hydrogen-bond donors (Lipinski definition) is 1. The Labute approximate surface area is 197 Å². The summed E-state index contributed by atoms with van der Waals surface area (Å²) >= 11 is 0. The van der Waals surface area contributed by atoms with Gasteiger partial charge >= 0.3 is 5.97 Å². The zero-order valence-electron chi connectivity index (χ0n) is 21.8. The van der Waals surface area contributed by atoms with Gasteiger partial charge in [0.1, 0.15) is 6.10 Å². The van der Waals surface area contributed by atoms with Crippen LogP contribution in [-0.4, -0.2) is 22.8 Å². The Bertz CT molecular complexity index is 688. The van der Waals surface area contributed by atoms with E-state index in [-0.39, 0.29) is 17.5 Å². The van der Waals surface area contributed by atoms with Gasteiger partial charge in [0.2, 0.25) is 0 Å². The van der Waals surface area contributed by atoms with Gasteiger partial charge in [0.25, 0.3) is 0 Å². The normalized spacial score (nSPS) is 46.8. The van der Waals surface area contributed by atoms with Crippen LogP contribution in [0.4, 0.5) is 0 Å². The van der Waals surface area contributed by atoms with E-state index in [1.807, 2.05) is 0 Å². The average Bonchev–Trinajstić information content (AvgIpc) is 3.05. The summed E-state index contributed by atoms with van der Waals surface area (Å²) in [6.45, 7) is 13.8. The number of carbonyl (C=O) groups excluding carboxylic acids is 1. The van der Waals surface area contributed by atoms with Crippen molar-refractivity contribution in [1.29, 1.82) is 0 Å². The lowest BCUT2D eigenvalue weighted by Crippen LogP contribution is -2.63. The first-order chi connectivity index (χ1) is 15.0. The number of hydrogen-bond acceptors (Lipinski definition) is 3. The standard InChI is InChI=1S/C29H50O3/c1-19(2)8-7-9-20(3)24-10-11-25-23-13-17-29(31)18-22(32-21(4)30)12-16-28(29,6)26(23)14-15-27(24,25)5/h19-20,22-26,31H,7-18H2,1-6H3/t20-,22-,23-,24+,25-,26-,27+,28-,29-/m1/s1. The van der Waals surface area contributed by atoms with Gasteiger partial charge in [-0.25, -0.2) is 0 Å². The van der Waals surface area contributed by atoms with Crippen LogP contribution in [0.3, 0.4) is 0 Å². The van der Waals surface area contributed by atoms with E-state index in [0.29, 0.717) is 17.8 Å². The predicted octanol–water partition coefficient (Wildman–Crippen LogP) is 7.15. The lowest BCUT2D eigenvalue weighted by Gasteiger charge is -2.64. The molecule has 4 saturated carbocycles. The number of aliphatic hydroxyl groups is 1. The summed E-state index contributed by atoms with van der Waals surface area (Å²) in [5.41, 5.74) is -0.184. The zero-order chi connectivity index (χ0) is 23.3. The van der Waals surface area contributed by atoms with Gasteiger partial charge in [-0.05, 0) is 97.7 Å². The van der Waals surface area contributed by atoms with Crippen molar-refractivity contribution < 1.29 is 14.6 Å². The molecular formula is C29H50O3. The van der Waals surface area contributed by atoms with Gasteiger partial charge in [-0.2, -0.15) is 0 Å². The maximum Gasteiger partial charge on any atom is 0.302 e. The molecule has 0 aromatic carbocycles. The molecule has 0 aromatic heterocycles. The summed E-state index contributed by atoms with van der Waals surface area (Å²) in [5, 5.41) is 11.9. The van der Waals surface area contributed by atoms with Crippen LogP contribution >= 0.6 is 0 Å². The fourth-order valence-electron chi connectivity index (χ4n) is 9.57. The third-order valence-corrected chi connectivity index (χ3v) is 11.3. The Morgan fingerprint density at radius 1 is 0.969 bits per heavy atom. The van der Waals surface area contributed by atoms with Crippen LogP contribution in [-0.2, 0) is 9.53 Å². The summed E-state index contributed by atoms with van der Waals surface area (Å²) in [7, 11) is 0. The van der Waals surface area contributed by atoms with Gasteiger partial charge in [0, 0.05) is 13.3 Å². The first-order valence-corrected chi connectivity index (χ1v) is 13.9. The molecule has 3 nitrogen and oxygen atoms in total. The van der Waals surface area contributed by atoms with Gasteiger partial charge in [0.15, 0.2) is 0 Å². The second kappa shape index (κ2) is 8.90.